The lowest BCUT2D eigenvalue weighted by atomic mass is 10.1. The van der Waals surface area contributed by atoms with Crippen LogP contribution in [0.25, 0.3) is 0 Å². The normalized spacial score (nSPS) is 21.6. The molecule has 2 heterocycles. The number of esters is 1. The molecule has 160 valence electrons. The Labute approximate surface area is 168 Å². The number of fused-ring (bicyclic) bond motifs is 1. The minimum absolute atomic E-state index is 0.0411. The van der Waals surface area contributed by atoms with E-state index in [9.17, 15) is 27.6 Å². The SMILES string of the molecule is N#Cc1ccc2c(c1)N(CCN1CCC(N)CC1=O)C(=O)C(OC(=O)C(F)(F)F)O2. The summed E-state index contributed by atoms with van der Waals surface area (Å²) in [5.74, 6) is -3.88. The van der Waals surface area contributed by atoms with Crippen LogP contribution in [0.1, 0.15) is 18.4 Å². The van der Waals surface area contributed by atoms with E-state index in [0.29, 0.717) is 13.0 Å². The molecule has 9 nitrogen and oxygen atoms in total. The number of nitrogens with two attached hydrogens (primary N) is 1. The van der Waals surface area contributed by atoms with Gasteiger partial charge in [-0.25, -0.2) is 4.79 Å². The van der Waals surface area contributed by atoms with Gasteiger partial charge in [-0.05, 0) is 24.6 Å². The first-order valence-electron chi connectivity index (χ1n) is 8.93. The van der Waals surface area contributed by atoms with Crippen molar-refractivity contribution in [3.05, 3.63) is 23.8 Å². The molecule has 2 aliphatic heterocycles. The average molecular weight is 426 g/mol. The van der Waals surface area contributed by atoms with Crippen LogP contribution in [-0.2, 0) is 19.1 Å². The first-order chi connectivity index (χ1) is 14.1. The van der Waals surface area contributed by atoms with Crippen LogP contribution >= 0.6 is 0 Å². The van der Waals surface area contributed by atoms with Gasteiger partial charge in [-0.3, -0.25) is 9.59 Å². The molecule has 30 heavy (non-hydrogen) atoms. The van der Waals surface area contributed by atoms with Crippen molar-refractivity contribution in [3.63, 3.8) is 0 Å². The number of piperidine rings is 1. The molecule has 2 N–H and O–H groups in total. The van der Waals surface area contributed by atoms with Gasteiger partial charge in [0.1, 0.15) is 5.75 Å². The summed E-state index contributed by atoms with van der Waals surface area (Å²) in [5.41, 5.74) is 6.05. The highest BCUT2D eigenvalue weighted by Crippen LogP contribution is 2.35. The first kappa shape index (κ1) is 21.4. The van der Waals surface area contributed by atoms with E-state index in [4.69, 9.17) is 15.7 Å². The molecule has 2 aliphatic rings. The molecule has 1 aromatic carbocycles. The Morgan fingerprint density at radius 3 is 2.70 bits per heavy atom. The van der Waals surface area contributed by atoms with Crippen LogP contribution in [0.5, 0.6) is 5.75 Å². The van der Waals surface area contributed by atoms with E-state index < -0.39 is 24.3 Å². The number of nitrogens with zero attached hydrogens (tertiary/aromatic N) is 3. The molecular formula is C18H17F3N4O5. The van der Waals surface area contributed by atoms with Crippen molar-refractivity contribution in [2.45, 2.75) is 31.3 Å². The van der Waals surface area contributed by atoms with Gasteiger partial charge in [-0.2, -0.15) is 18.4 Å². The zero-order chi connectivity index (χ0) is 22.1. The number of alkyl halides is 3. The molecular weight excluding hydrogens is 409 g/mol. The molecule has 12 heteroatoms. The highest BCUT2D eigenvalue weighted by Gasteiger charge is 2.46. The minimum atomic E-state index is -5.31. The number of hydrogen-bond acceptors (Lipinski definition) is 7. The van der Waals surface area contributed by atoms with E-state index in [1.165, 1.54) is 23.1 Å². The molecule has 0 radical (unpaired) electrons. The molecule has 0 bridgehead atoms. The number of nitriles is 1. The maximum Gasteiger partial charge on any atom is 0.491 e. The Bertz CT molecular complexity index is 914. The fourth-order valence-electron chi connectivity index (χ4n) is 3.14. The monoisotopic (exact) mass is 426 g/mol. The van der Waals surface area contributed by atoms with E-state index in [1.807, 2.05) is 6.07 Å². The van der Waals surface area contributed by atoms with Crippen molar-refractivity contribution in [2.24, 2.45) is 5.73 Å². The number of amides is 2. The fourth-order valence-corrected chi connectivity index (χ4v) is 3.14. The van der Waals surface area contributed by atoms with Crippen LogP contribution in [0.4, 0.5) is 18.9 Å². The smallest absolute Gasteiger partial charge is 0.444 e. The summed E-state index contributed by atoms with van der Waals surface area (Å²) in [4.78, 5) is 38.5. The Balaban J connectivity index is 1.83. The number of likely N-dealkylation sites (tertiary alicyclic amines) is 1. The predicted octanol–water partition coefficient (Wildman–Crippen LogP) is 0.665. The van der Waals surface area contributed by atoms with Crippen LogP contribution in [0.2, 0.25) is 0 Å². The molecule has 2 amide bonds. The van der Waals surface area contributed by atoms with Crippen LogP contribution in [0.3, 0.4) is 0 Å². The molecule has 0 saturated carbocycles. The third-order valence-corrected chi connectivity index (χ3v) is 4.68. The van der Waals surface area contributed by atoms with Crippen molar-refractivity contribution in [1.82, 2.24) is 4.90 Å². The van der Waals surface area contributed by atoms with Crippen LogP contribution in [0.15, 0.2) is 18.2 Å². The summed E-state index contributed by atoms with van der Waals surface area (Å²) in [7, 11) is 0. The van der Waals surface area contributed by atoms with Gasteiger partial charge in [0.25, 0.3) is 0 Å². The standard InChI is InChI=1S/C18H17F3N4O5/c19-18(20,21)17(28)30-16-15(27)25(6-5-24-4-3-11(23)8-14(24)26)12-7-10(9-22)1-2-13(12)29-16/h1-2,7,11,16H,3-6,8,23H2. The van der Waals surface area contributed by atoms with Gasteiger partial charge in [0.2, 0.25) is 5.91 Å². The lowest BCUT2D eigenvalue weighted by molar-refractivity contribution is -0.216. The third-order valence-electron chi connectivity index (χ3n) is 4.68. The predicted molar refractivity (Wildman–Crippen MR) is 93.9 cm³/mol. The Morgan fingerprint density at radius 2 is 2.07 bits per heavy atom. The number of carbonyl (C=O) groups excluding carboxylic acids is 3. The van der Waals surface area contributed by atoms with Crippen molar-refractivity contribution >= 4 is 23.5 Å². The number of halogens is 3. The van der Waals surface area contributed by atoms with Crippen molar-refractivity contribution in [3.8, 4) is 11.8 Å². The van der Waals surface area contributed by atoms with Crippen molar-refractivity contribution < 1.29 is 37.0 Å². The number of benzene rings is 1. The van der Waals surface area contributed by atoms with Crippen LogP contribution in [-0.4, -0.2) is 60.8 Å². The Hall–Kier alpha value is -3.33. The quantitative estimate of drug-likeness (QED) is 0.701. The molecule has 2 unspecified atom stereocenters. The summed E-state index contributed by atoms with van der Waals surface area (Å²) in [6.07, 6.45) is -6.73. The number of ether oxygens (including phenoxy) is 2. The average Bonchev–Trinajstić information content (AvgIpc) is 2.68. The van der Waals surface area contributed by atoms with E-state index >= 15 is 0 Å². The zero-order valence-electron chi connectivity index (χ0n) is 15.5. The number of anilines is 1. The summed E-state index contributed by atoms with van der Waals surface area (Å²) < 4.78 is 47.0. The summed E-state index contributed by atoms with van der Waals surface area (Å²) in [5, 5.41) is 9.09. The van der Waals surface area contributed by atoms with Gasteiger partial charge < -0.3 is 25.0 Å². The molecule has 1 fully saturated rings. The Morgan fingerprint density at radius 1 is 1.33 bits per heavy atom. The van der Waals surface area contributed by atoms with Crippen molar-refractivity contribution in [1.29, 1.82) is 5.26 Å². The van der Waals surface area contributed by atoms with Crippen molar-refractivity contribution in [2.75, 3.05) is 24.5 Å². The van der Waals surface area contributed by atoms with E-state index in [1.54, 1.807) is 0 Å². The summed E-state index contributed by atoms with van der Waals surface area (Å²) in [6, 6.07) is 5.59. The largest absolute Gasteiger partial charge is 0.491 e. The first-order valence-corrected chi connectivity index (χ1v) is 8.93. The summed E-state index contributed by atoms with van der Waals surface area (Å²) in [6.45, 7) is 0.342. The molecule has 3 rings (SSSR count). The molecule has 0 aliphatic carbocycles. The van der Waals surface area contributed by atoms with Gasteiger partial charge in [-0.1, -0.05) is 0 Å². The summed E-state index contributed by atoms with van der Waals surface area (Å²) >= 11 is 0. The number of carbonyl (C=O) groups is 3. The van der Waals surface area contributed by atoms with Gasteiger partial charge >= 0.3 is 24.3 Å². The zero-order valence-corrected chi connectivity index (χ0v) is 15.5. The molecule has 2 atom stereocenters. The second kappa shape index (κ2) is 8.19. The topological polar surface area (TPSA) is 126 Å². The van der Waals surface area contributed by atoms with Gasteiger partial charge in [0, 0.05) is 32.1 Å². The van der Waals surface area contributed by atoms with Crippen LogP contribution in [0, 0.1) is 11.3 Å². The second-order valence-electron chi connectivity index (χ2n) is 6.77. The van der Waals surface area contributed by atoms with E-state index in [0.717, 1.165) is 4.90 Å². The fraction of sp³-hybridized carbons (Fsp3) is 0.444. The Kier molecular flexibility index (Phi) is 5.84. The molecule has 0 aromatic heterocycles. The molecule has 1 saturated heterocycles. The number of hydrogen-bond donors (Lipinski definition) is 1. The highest BCUT2D eigenvalue weighted by molar-refractivity contribution is 6.00. The van der Waals surface area contributed by atoms with Gasteiger partial charge in [0.15, 0.2) is 0 Å². The van der Waals surface area contributed by atoms with Gasteiger partial charge in [-0.15, -0.1) is 0 Å². The lowest BCUT2D eigenvalue weighted by Crippen LogP contribution is -2.52. The molecule has 1 aromatic rings. The second-order valence-corrected chi connectivity index (χ2v) is 6.77. The lowest BCUT2D eigenvalue weighted by Gasteiger charge is -2.36. The number of rotatable bonds is 4. The van der Waals surface area contributed by atoms with E-state index in [-0.39, 0.29) is 48.5 Å². The maximum atomic E-state index is 12.7. The van der Waals surface area contributed by atoms with E-state index in [2.05, 4.69) is 4.74 Å². The van der Waals surface area contributed by atoms with Crippen LogP contribution < -0.4 is 15.4 Å². The van der Waals surface area contributed by atoms with Gasteiger partial charge in [0.05, 0.1) is 17.3 Å². The highest BCUT2D eigenvalue weighted by atomic mass is 19.4. The maximum absolute atomic E-state index is 12.7. The minimum Gasteiger partial charge on any atom is -0.444 e. The third kappa shape index (κ3) is 4.46. The molecule has 0 spiro atoms.